The van der Waals surface area contributed by atoms with Gasteiger partial charge in [-0.1, -0.05) is 105 Å². The first-order valence-corrected chi connectivity index (χ1v) is 18.9. The van der Waals surface area contributed by atoms with Crippen LogP contribution in [0.5, 0.6) is 0 Å². The van der Waals surface area contributed by atoms with Crippen LogP contribution in [-0.2, 0) is 6.42 Å². The maximum absolute atomic E-state index is 9.84. The number of rotatable bonds is 8. The molecule has 1 aliphatic rings. The van der Waals surface area contributed by atoms with Crippen molar-refractivity contribution in [2.24, 2.45) is 10.9 Å². The number of quaternary nitrogens is 1. The fourth-order valence-electron chi connectivity index (χ4n) is 8.04. The minimum atomic E-state index is 0.157. The van der Waals surface area contributed by atoms with E-state index < -0.39 is 0 Å². The summed E-state index contributed by atoms with van der Waals surface area (Å²) in [5, 5.41) is 15.5. The van der Waals surface area contributed by atoms with Crippen LogP contribution in [0.15, 0.2) is 155 Å². The minimum absolute atomic E-state index is 0.157. The van der Waals surface area contributed by atoms with Gasteiger partial charge in [0.15, 0.2) is 0 Å². The fraction of sp³-hybridized carbons (Fsp3) is 0.143. The van der Waals surface area contributed by atoms with Gasteiger partial charge in [-0.25, -0.2) is 0 Å². The Morgan fingerprint density at radius 3 is 2.39 bits per heavy atom. The second kappa shape index (κ2) is 14.2. The molecule has 0 aliphatic heterocycles. The Balaban J connectivity index is 1.15. The van der Waals surface area contributed by atoms with Gasteiger partial charge in [0.1, 0.15) is 17.4 Å². The van der Waals surface area contributed by atoms with Crippen molar-refractivity contribution in [2.45, 2.75) is 39.2 Å². The van der Waals surface area contributed by atoms with Gasteiger partial charge in [-0.05, 0) is 79.1 Å². The molecule has 9 rings (SSSR count). The van der Waals surface area contributed by atoms with E-state index >= 15 is 0 Å². The van der Waals surface area contributed by atoms with Crippen LogP contribution < -0.4 is 5.32 Å². The van der Waals surface area contributed by atoms with E-state index in [1.165, 1.54) is 11.1 Å². The third kappa shape index (κ3) is 6.01. The molecule has 2 heterocycles. The van der Waals surface area contributed by atoms with Crippen LogP contribution in [0, 0.1) is 17.2 Å². The second-order valence-corrected chi connectivity index (χ2v) is 14.3. The SMILES string of the molecule is CCC(C)C([NH2+]C(=Nc1ccccc1)c1ccccc1)c1ccc(-n2c3ccc(C#N)cc3c3ccc(-c4cccc5c6c(oc45)CCC=C6)cc32)cc1. The molecule has 262 valence electrons. The number of benzene rings is 6. The molecular formula is C49H41N4O+. The average Bonchev–Trinajstić information content (AvgIpc) is 3.78. The zero-order chi connectivity index (χ0) is 36.6. The first kappa shape index (κ1) is 33.4. The summed E-state index contributed by atoms with van der Waals surface area (Å²) >= 11 is 0. The number of nitrogens with zero attached hydrogens (tertiary/aromatic N) is 3. The Kier molecular flexibility index (Phi) is 8.75. The highest BCUT2D eigenvalue weighted by Crippen LogP contribution is 2.40. The van der Waals surface area contributed by atoms with E-state index in [4.69, 9.17) is 9.41 Å². The number of furan rings is 1. The number of nitriles is 1. The van der Waals surface area contributed by atoms with Crippen molar-refractivity contribution in [1.82, 2.24) is 4.57 Å². The van der Waals surface area contributed by atoms with Gasteiger partial charge in [-0.15, -0.1) is 0 Å². The molecule has 0 spiro atoms. The Labute approximate surface area is 315 Å². The van der Waals surface area contributed by atoms with Crippen LogP contribution >= 0.6 is 0 Å². The normalized spacial score (nSPS) is 14.0. The maximum atomic E-state index is 9.84. The number of aliphatic imine (C=N–C) groups is 1. The number of aromatic nitrogens is 1. The predicted octanol–water partition coefficient (Wildman–Crippen LogP) is 11.5. The number of allylic oxidation sites excluding steroid dienone is 1. The summed E-state index contributed by atoms with van der Waals surface area (Å²) < 4.78 is 8.88. The van der Waals surface area contributed by atoms with Crippen LogP contribution in [-0.4, -0.2) is 10.4 Å². The lowest BCUT2D eigenvalue weighted by atomic mass is 9.92. The molecule has 0 radical (unpaired) electrons. The standard InChI is InChI=1S/C49H40N4O/c1-3-32(2)47(52-49(35-13-6-4-7-14-35)51-37-15-8-5-9-16-37)34-22-25-38(26-23-34)53-44-28-21-33(31-50)29-43(44)40-27-24-36(30-45(40)53)39-18-12-19-42-41-17-10-11-20-46(41)54-48(39)42/h4-10,12-19,21-30,32,47H,3,11,20H2,1-2H3,(H,51,52)/p+1. The molecule has 5 heteroatoms. The summed E-state index contributed by atoms with van der Waals surface area (Å²) in [6.07, 6.45) is 7.40. The van der Waals surface area contributed by atoms with E-state index in [1.54, 1.807) is 0 Å². The molecule has 0 bridgehead atoms. The topological polar surface area (TPSA) is 70.8 Å². The number of fused-ring (bicyclic) bond motifs is 6. The highest BCUT2D eigenvalue weighted by Gasteiger charge is 2.26. The lowest BCUT2D eigenvalue weighted by Gasteiger charge is -2.23. The number of hydrogen-bond acceptors (Lipinski definition) is 3. The highest BCUT2D eigenvalue weighted by molar-refractivity contribution is 6.11. The van der Waals surface area contributed by atoms with Crippen molar-refractivity contribution >= 4 is 50.4 Å². The highest BCUT2D eigenvalue weighted by atomic mass is 16.3. The summed E-state index contributed by atoms with van der Waals surface area (Å²) in [6.45, 7) is 4.59. The smallest absolute Gasteiger partial charge is 0.232 e. The van der Waals surface area contributed by atoms with Crippen LogP contribution in [0.1, 0.15) is 60.7 Å². The molecule has 2 atom stereocenters. The first-order valence-electron chi connectivity index (χ1n) is 18.9. The Morgan fingerprint density at radius 2 is 1.61 bits per heavy atom. The zero-order valence-electron chi connectivity index (χ0n) is 30.5. The van der Waals surface area contributed by atoms with Crippen molar-refractivity contribution in [3.05, 3.63) is 174 Å². The van der Waals surface area contributed by atoms with E-state index in [0.717, 1.165) is 91.7 Å². The van der Waals surface area contributed by atoms with Gasteiger partial charge in [0.2, 0.25) is 5.84 Å². The minimum Gasteiger partial charge on any atom is -0.460 e. The number of para-hydroxylation sites is 2. The third-order valence-electron chi connectivity index (χ3n) is 11.1. The molecule has 8 aromatic rings. The Bertz CT molecular complexity index is 2750. The Morgan fingerprint density at radius 1 is 0.815 bits per heavy atom. The van der Waals surface area contributed by atoms with Crippen LogP contribution in [0.25, 0.3) is 55.7 Å². The lowest BCUT2D eigenvalue weighted by molar-refractivity contribution is -0.596. The molecule has 1 aliphatic carbocycles. The number of amidine groups is 1. The molecule has 2 N–H and O–H groups in total. The van der Waals surface area contributed by atoms with Gasteiger partial charge >= 0.3 is 0 Å². The van der Waals surface area contributed by atoms with Gasteiger partial charge in [-0.3, -0.25) is 5.32 Å². The first-order chi connectivity index (χ1) is 26.6. The third-order valence-corrected chi connectivity index (χ3v) is 11.1. The summed E-state index contributed by atoms with van der Waals surface area (Å²) in [5.74, 6) is 2.43. The molecule has 5 nitrogen and oxygen atoms in total. The predicted molar refractivity (Wildman–Crippen MR) is 221 cm³/mol. The Hall–Kier alpha value is -6.48. The number of hydrogen-bond donors (Lipinski definition) is 1. The molecular weight excluding hydrogens is 661 g/mol. The van der Waals surface area contributed by atoms with Crippen molar-refractivity contribution in [2.75, 3.05) is 0 Å². The van der Waals surface area contributed by atoms with Crippen LogP contribution in [0.3, 0.4) is 0 Å². The summed E-state index contributed by atoms with van der Waals surface area (Å²) in [5.41, 5.74) is 11.5. The van der Waals surface area contributed by atoms with Crippen molar-refractivity contribution < 1.29 is 9.73 Å². The van der Waals surface area contributed by atoms with Gasteiger partial charge in [0.25, 0.3) is 0 Å². The van der Waals surface area contributed by atoms with Crippen LogP contribution in [0.2, 0.25) is 0 Å². The number of nitrogens with two attached hydrogens (primary N) is 1. The molecule has 0 saturated carbocycles. The fourth-order valence-corrected chi connectivity index (χ4v) is 8.04. The van der Waals surface area contributed by atoms with Gasteiger partial charge in [0.05, 0.1) is 33.9 Å². The molecule has 0 amide bonds. The zero-order valence-corrected chi connectivity index (χ0v) is 30.5. The molecule has 2 unspecified atom stereocenters. The van der Waals surface area contributed by atoms with Crippen molar-refractivity contribution in [3.63, 3.8) is 0 Å². The monoisotopic (exact) mass is 701 g/mol. The summed E-state index contributed by atoms with van der Waals surface area (Å²) in [7, 11) is 0. The van der Waals surface area contributed by atoms with Gasteiger partial charge < -0.3 is 8.98 Å². The van der Waals surface area contributed by atoms with Crippen LogP contribution in [0.4, 0.5) is 5.69 Å². The summed E-state index contributed by atoms with van der Waals surface area (Å²) in [4.78, 5) is 5.15. The maximum Gasteiger partial charge on any atom is 0.232 e. The molecule has 6 aromatic carbocycles. The van der Waals surface area contributed by atoms with E-state index in [1.807, 2.05) is 30.3 Å². The number of aryl methyl sites for hydroxylation is 1. The quantitative estimate of drug-likeness (QED) is 0.127. The molecule has 54 heavy (non-hydrogen) atoms. The average molecular weight is 702 g/mol. The van der Waals surface area contributed by atoms with Gasteiger partial charge in [-0.2, -0.15) is 10.3 Å². The van der Waals surface area contributed by atoms with Crippen molar-refractivity contribution in [1.29, 1.82) is 5.26 Å². The second-order valence-electron chi connectivity index (χ2n) is 14.3. The van der Waals surface area contributed by atoms with E-state index in [9.17, 15) is 5.26 Å². The van der Waals surface area contributed by atoms with Crippen molar-refractivity contribution in [3.8, 4) is 22.9 Å². The largest absolute Gasteiger partial charge is 0.460 e. The molecule has 2 aromatic heterocycles. The molecule has 0 saturated heterocycles. The lowest BCUT2D eigenvalue weighted by Crippen LogP contribution is -2.90. The summed E-state index contributed by atoms with van der Waals surface area (Å²) in [6, 6.07) is 51.4. The van der Waals surface area contributed by atoms with E-state index in [-0.39, 0.29) is 6.04 Å². The van der Waals surface area contributed by atoms with E-state index in [2.05, 4.69) is 151 Å². The van der Waals surface area contributed by atoms with Gasteiger partial charge in [0, 0.05) is 50.9 Å². The molecule has 0 fully saturated rings. The van der Waals surface area contributed by atoms with E-state index in [0.29, 0.717) is 11.5 Å².